The maximum Gasteiger partial charge on any atom is 0.0648 e. The Morgan fingerprint density at radius 2 is 1.21 bits per heavy atom. The molecule has 0 radical (unpaired) electrons. The minimum absolute atomic E-state index is 0.950. The molecule has 0 fully saturated rings. The molecule has 2 heteroatoms. The molecule has 0 aliphatic carbocycles. The Hall–Kier alpha value is -3.10. The second kappa shape index (κ2) is 6.19. The van der Waals surface area contributed by atoms with Gasteiger partial charge in [-0.15, -0.1) is 0 Å². The van der Waals surface area contributed by atoms with Crippen LogP contribution in [0.5, 0.6) is 0 Å². The van der Waals surface area contributed by atoms with Gasteiger partial charge in [-0.3, -0.25) is 5.84 Å². The number of anilines is 1. The fourth-order valence-corrected chi connectivity index (χ4v) is 3.25. The largest absolute Gasteiger partial charge is 0.323 e. The maximum absolute atomic E-state index is 5.97. The number of nitrogen functional groups attached to an aromatic ring is 1. The monoisotopic (exact) mass is 310 g/mol. The van der Waals surface area contributed by atoms with Gasteiger partial charge in [0, 0.05) is 11.1 Å². The standard InChI is InChI=1S/C22H18N2/c23-24-22-20(16-9-3-1-4-10-16)15-18-13-7-8-14-19(18)21(22)17-11-5-2-6-12-17/h1-15,24H,23H2. The Bertz CT molecular complexity index is 977. The van der Waals surface area contributed by atoms with E-state index in [1.807, 2.05) is 24.3 Å². The third kappa shape index (κ3) is 2.43. The first-order valence-electron chi connectivity index (χ1n) is 8.01. The first-order valence-corrected chi connectivity index (χ1v) is 8.01. The van der Waals surface area contributed by atoms with E-state index < -0.39 is 0 Å². The number of hydrogen-bond donors (Lipinski definition) is 2. The Morgan fingerprint density at radius 3 is 1.88 bits per heavy atom. The minimum atomic E-state index is 0.950. The Labute approximate surface area is 141 Å². The Balaban J connectivity index is 2.12. The van der Waals surface area contributed by atoms with Gasteiger partial charge in [0.1, 0.15) is 0 Å². The van der Waals surface area contributed by atoms with E-state index in [1.54, 1.807) is 0 Å². The third-order valence-corrected chi connectivity index (χ3v) is 4.34. The number of benzene rings is 4. The van der Waals surface area contributed by atoms with Gasteiger partial charge in [0.15, 0.2) is 0 Å². The highest BCUT2D eigenvalue weighted by atomic mass is 15.2. The smallest absolute Gasteiger partial charge is 0.0648 e. The predicted octanol–water partition coefficient (Wildman–Crippen LogP) is 5.46. The number of hydrogen-bond acceptors (Lipinski definition) is 2. The zero-order valence-electron chi connectivity index (χ0n) is 13.2. The summed E-state index contributed by atoms with van der Waals surface area (Å²) in [6.07, 6.45) is 0. The zero-order chi connectivity index (χ0) is 16.4. The molecule has 0 amide bonds. The molecule has 0 unspecified atom stereocenters. The van der Waals surface area contributed by atoms with Crippen molar-refractivity contribution in [1.82, 2.24) is 0 Å². The molecule has 0 aliphatic rings. The van der Waals surface area contributed by atoms with Crippen molar-refractivity contribution >= 4 is 16.5 Å². The van der Waals surface area contributed by atoms with Gasteiger partial charge in [0.25, 0.3) is 0 Å². The molecule has 0 aromatic heterocycles. The summed E-state index contributed by atoms with van der Waals surface area (Å²) in [5.74, 6) is 5.97. The van der Waals surface area contributed by atoms with Crippen molar-refractivity contribution in [3.8, 4) is 22.3 Å². The number of fused-ring (bicyclic) bond motifs is 1. The van der Waals surface area contributed by atoms with Gasteiger partial charge in [-0.25, -0.2) is 0 Å². The van der Waals surface area contributed by atoms with Crippen LogP contribution in [0.15, 0.2) is 91.0 Å². The molecule has 0 saturated carbocycles. The molecule has 4 aromatic rings. The first-order chi connectivity index (χ1) is 11.9. The number of nitrogens with two attached hydrogens (primary N) is 1. The summed E-state index contributed by atoms with van der Waals surface area (Å²) in [4.78, 5) is 0. The molecule has 0 bridgehead atoms. The highest BCUT2D eigenvalue weighted by Crippen LogP contribution is 2.42. The number of rotatable bonds is 3. The molecule has 4 aromatic carbocycles. The molecular formula is C22H18N2. The third-order valence-electron chi connectivity index (χ3n) is 4.34. The van der Waals surface area contributed by atoms with Gasteiger partial charge < -0.3 is 5.43 Å². The van der Waals surface area contributed by atoms with Crippen LogP contribution in [0.25, 0.3) is 33.0 Å². The average Bonchev–Trinajstić information content (AvgIpc) is 2.67. The fraction of sp³-hybridized carbons (Fsp3) is 0. The summed E-state index contributed by atoms with van der Waals surface area (Å²) in [7, 11) is 0. The van der Waals surface area contributed by atoms with Crippen molar-refractivity contribution in [2.45, 2.75) is 0 Å². The molecule has 116 valence electrons. The molecule has 24 heavy (non-hydrogen) atoms. The summed E-state index contributed by atoms with van der Waals surface area (Å²) in [5, 5.41) is 2.39. The van der Waals surface area contributed by atoms with Crippen molar-refractivity contribution < 1.29 is 0 Å². The van der Waals surface area contributed by atoms with Crippen LogP contribution >= 0.6 is 0 Å². The van der Waals surface area contributed by atoms with E-state index in [1.165, 1.54) is 10.8 Å². The van der Waals surface area contributed by atoms with Crippen LogP contribution in [0.2, 0.25) is 0 Å². The Morgan fingerprint density at radius 1 is 0.625 bits per heavy atom. The van der Waals surface area contributed by atoms with Crippen LogP contribution < -0.4 is 11.3 Å². The molecule has 2 nitrogen and oxygen atoms in total. The first kappa shape index (κ1) is 14.5. The van der Waals surface area contributed by atoms with Crippen LogP contribution in [0, 0.1) is 0 Å². The average molecular weight is 310 g/mol. The maximum atomic E-state index is 5.97. The van der Waals surface area contributed by atoms with E-state index in [0.717, 1.165) is 27.9 Å². The van der Waals surface area contributed by atoms with Crippen molar-refractivity contribution in [3.05, 3.63) is 91.0 Å². The van der Waals surface area contributed by atoms with Gasteiger partial charge >= 0.3 is 0 Å². The summed E-state index contributed by atoms with van der Waals surface area (Å²) in [6.45, 7) is 0. The van der Waals surface area contributed by atoms with Crippen LogP contribution in [0.1, 0.15) is 0 Å². The summed E-state index contributed by atoms with van der Waals surface area (Å²) in [5.41, 5.74) is 8.44. The highest BCUT2D eigenvalue weighted by Gasteiger charge is 2.15. The lowest BCUT2D eigenvalue weighted by Gasteiger charge is -2.18. The number of nitrogens with one attached hydrogen (secondary N) is 1. The summed E-state index contributed by atoms with van der Waals surface area (Å²) >= 11 is 0. The van der Waals surface area contributed by atoms with E-state index >= 15 is 0 Å². The fourth-order valence-electron chi connectivity index (χ4n) is 3.25. The normalized spacial score (nSPS) is 10.7. The number of hydrazine groups is 1. The second-order valence-corrected chi connectivity index (χ2v) is 5.77. The van der Waals surface area contributed by atoms with Crippen molar-refractivity contribution in [1.29, 1.82) is 0 Å². The van der Waals surface area contributed by atoms with Crippen LogP contribution in [-0.2, 0) is 0 Å². The second-order valence-electron chi connectivity index (χ2n) is 5.77. The molecule has 4 rings (SSSR count). The van der Waals surface area contributed by atoms with Crippen LogP contribution in [-0.4, -0.2) is 0 Å². The SMILES string of the molecule is NNc1c(-c2ccccc2)cc2ccccc2c1-c1ccccc1. The molecule has 0 saturated heterocycles. The van der Waals surface area contributed by atoms with Gasteiger partial charge in [0.2, 0.25) is 0 Å². The van der Waals surface area contributed by atoms with Crippen LogP contribution in [0.3, 0.4) is 0 Å². The summed E-state index contributed by atoms with van der Waals surface area (Å²) in [6, 6.07) is 31.4. The van der Waals surface area contributed by atoms with Gasteiger partial charge in [-0.05, 0) is 28.0 Å². The predicted molar refractivity (Wildman–Crippen MR) is 103 cm³/mol. The van der Waals surface area contributed by atoms with Gasteiger partial charge in [-0.1, -0.05) is 84.9 Å². The molecule has 0 atom stereocenters. The molecule has 0 spiro atoms. The van der Waals surface area contributed by atoms with E-state index in [2.05, 4.69) is 72.2 Å². The highest BCUT2D eigenvalue weighted by molar-refractivity contribution is 6.08. The summed E-state index contributed by atoms with van der Waals surface area (Å²) < 4.78 is 0. The van der Waals surface area contributed by atoms with E-state index in [9.17, 15) is 0 Å². The molecule has 3 N–H and O–H groups in total. The quantitative estimate of drug-likeness (QED) is 0.389. The van der Waals surface area contributed by atoms with E-state index in [-0.39, 0.29) is 0 Å². The lowest BCUT2D eigenvalue weighted by atomic mass is 9.90. The zero-order valence-corrected chi connectivity index (χ0v) is 13.2. The van der Waals surface area contributed by atoms with E-state index in [0.29, 0.717) is 0 Å². The minimum Gasteiger partial charge on any atom is -0.323 e. The van der Waals surface area contributed by atoms with Gasteiger partial charge in [-0.2, -0.15) is 0 Å². The van der Waals surface area contributed by atoms with Crippen LogP contribution in [0.4, 0.5) is 5.69 Å². The molecular weight excluding hydrogens is 292 g/mol. The molecule has 0 heterocycles. The lowest BCUT2D eigenvalue weighted by molar-refractivity contribution is 1.36. The lowest BCUT2D eigenvalue weighted by Crippen LogP contribution is -2.10. The molecule has 0 aliphatic heterocycles. The van der Waals surface area contributed by atoms with Gasteiger partial charge in [0.05, 0.1) is 5.69 Å². The van der Waals surface area contributed by atoms with E-state index in [4.69, 9.17) is 5.84 Å². The van der Waals surface area contributed by atoms with Crippen molar-refractivity contribution in [2.24, 2.45) is 5.84 Å². The van der Waals surface area contributed by atoms with Crippen molar-refractivity contribution in [2.75, 3.05) is 5.43 Å². The topological polar surface area (TPSA) is 38.0 Å². The van der Waals surface area contributed by atoms with Crippen molar-refractivity contribution in [3.63, 3.8) is 0 Å². The Kier molecular flexibility index (Phi) is 3.73.